The van der Waals surface area contributed by atoms with Crippen molar-refractivity contribution >= 4 is 59.6 Å². The van der Waals surface area contributed by atoms with E-state index in [2.05, 4.69) is 9.97 Å². The Morgan fingerprint density at radius 3 is 1.25 bits per heavy atom. The van der Waals surface area contributed by atoms with Crippen molar-refractivity contribution in [2.45, 2.75) is 0 Å². The van der Waals surface area contributed by atoms with Gasteiger partial charge in [0.15, 0.2) is 0 Å². The molecular weight excluding hydrogens is 284 g/mol. The number of halogens is 5. The maximum absolute atomic E-state index is 4.98. The molecule has 8 heteroatoms. The van der Waals surface area contributed by atoms with Crippen molar-refractivity contribution in [2.75, 3.05) is 0 Å². The van der Waals surface area contributed by atoms with E-state index in [9.17, 15) is 0 Å². The van der Waals surface area contributed by atoms with E-state index in [1.165, 1.54) is 6.33 Å². The molecule has 12 heavy (non-hydrogen) atoms. The molecule has 1 heterocycles. The van der Waals surface area contributed by atoms with Crippen LogP contribution in [-0.2, 0) is 0 Å². The van der Waals surface area contributed by atoms with E-state index in [-0.39, 0.29) is 0 Å². The molecule has 0 unspecified atom stereocenters. The first-order valence-corrected chi connectivity index (χ1v) is 9.31. The Labute approximate surface area is 94.0 Å². The Kier molecular flexibility index (Phi) is 5.39. The summed E-state index contributed by atoms with van der Waals surface area (Å²) in [5.74, 6) is 0. The molecule has 0 fully saturated rings. The Hall–Kier alpha value is 0.960. The molecular formula is C4H4Cl5N2P. The first-order valence-electron chi connectivity index (χ1n) is 2.54. The summed E-state index contributed by atoms with van der Waals surface area (Å²) in [6, 6.07) is 1.78. The maximum atomic E-state index is 4.98. The van der Waals surface area contributed by atoms with Gasteiger partial charge in [-0.15, -0.1) is 0 Å². The SMILES string of the molecule is ClP(Cl)(Cl)(Cl)Cl.c1cncnc1. The summed E-state index contributed by atoms with van der Waals surface area (Å²) in [5.41, 5.74) is 0. The summed E-state index contributed by atoms with van der Waals surface area (Å²) in [6.07, 6.45) is 4.88. The van der Waals surface area contributed by atoms with Gasteiger partial charge < -0.3 is 0 Å². The summed E-state index contributed by atoms with van der Waals surface area (Å²) < 4.78 is -3.69. The van der Waals surface area contributed by atoms with Crippen molar-refractivity contribution in [3.8, 4) is 0 Å². The van der Waals surface area contributed by atoms with Crippen LogP contribution in [0.2, 0.25) is 0 Å². The minimum absolute atomic E-state index is 1.50. The minimum atomic E-state index is -3.69. The van der Waals surface area contributed by atoms with Crippen LogP contribution in [0.4, 0.5) is 0 Å². The van der Waals surface area contributed by atoms with Gasteiger partial charge in [0.05, 0.1) is 0 Å². The molecule has 0 atom stereocenters. The van der Waals surface area contributed by atoms with Crippen LogP contribution in [0.5, 0.6) is 0 Å². The number of aromatic nitrogens is 2. The van der Waals surface area contributed by atoms with Gasteiger partial charge in [-0.1, -0.05) is 0 Å². The average molecular weight is 288 g/mol. The fourth-order valence-electron chi connectivity index (χ4n) is 0.253. The Bertz CT molecular complexity index is 176. The van der Waals surface area contributed by atoms with Crippen LogP contribution in [0.1, 0.15) is 0 Å². The Balaban J connectivity index is 0.000000202. The molecule has 1 aromatic heterocycles. The van der Waals surface area contributed by atoms with E-state index >= 15 is 0 Å². The molecule has 1 rings (SSSR count). The maximum Gasteiger partial charge on any atom is 0.115 e. The van der Waals surface area contributed by atoms with Gasteiger partial charge in [0.25, 0.3) is 0 Å². The van der Waals surface area contributed by atoms with Gasteiger partial charge in [-0.2, -0.15) is 0 Å². The third kappa shape index (κ3) is 22.4. The molecule has 2 nitrogen and oxygen atoms in total. The second kappa shape index (κ2) is 4.99. The molecule has 0 saturated heterocycles. The van der Waals surface area contributed by atoms with Crippen molar-refractivity contribution in [3.63, 3.8) is 0 Å². The number of hydrogen-bond donors (Lipinski definition) is 0. The fraction of sp³-hybridized carbons (Fsp3) is 0. The van der Waals surface area contributed by atoms with Crippen LogP contribution >= 0.6 is 59.6 Å². The molecule has 0 radical (unpaired) electrons. The van der Waals surface area contributed by atoms with Gasteiger partial charge in [0.2, 0.25) is 0 Å². The van der Waals surface area contributed by atoms with Gasteiger partial charge >= 0.3 is 59.6 Å². The Morgan fingerprint density at radius 1 is 0.833 bits per heavy atom. The first kappa shape index (κ1) is 13.0. The molecule has 0 N–H and O–H groups in total. The molecule has 0 aliphatic carbocycles. The Morgan fingerprint density at radius 2 is 1.17 bits per heavy atom. The van der Waals surface area contributed by atoms with Gasteiger partial charge in [0, 0.05) is 12.4 Å². The predicted octanol–water partition coefficient (Wildman–Crippen LogP) is 4.79. The van der Waals surface area contributed by atoms with Crippen molar-refractivity contribution in [3.05, 3.63) is 24.8 Å². The van der Waals surface area contributed by atoms with E-state index in [1.807, 2.05) is 0 Å². The quantitative estimate of drug-likeness (QED) is 0.642. The molecule has 1 aromatic rings. The summed E-state index contributed by atoms with van der Waals surface area (Å²) in [7, 11) is 0. The van der Waals surface area contributed by atoms with Crippen LogP contribution in [0.3, 0.4) is 0 Å². The normalized spacial score (nSPS) is 13.6. The fourth-order valence-corrected chi connectivity index (χ4v) is 0.253. The van der Waals surface area contributed by atoms with Gasteiger partial charge in [-0.05, 0) is 6.07 Å². The number of nitrogens with zero attached hydrogens (tertiary/aromatic N) is 2. The predicted molar refractivity (Wildman–Crippen MR) is 58.2 cm³/mol. The summed E-state index contributed by atoms with van der Waals surface area (Å²) in [6.45, 7) is 0. The molecule has 0 spiro atoms. The molecule has 0 saturated carbocycles. The van der Waals surface area contributed by atoms with Crippen molar-refractivity contribution in [1.82, 2.24) is 9.97 Å². The monoisotopic (exact) mass is 286 g/mol. The zero-order valence-corrected chi connectivity index (χ0v) is 10.2. The van der Waals surface area contributed by atoms with Crippen LogP contribution in [0.15, 0.2) is 24.8 Å². The van der Waals surface area contributed by atoms with Crippen LogP contribution < -0.4 is 0 Å². The van der Waals surface area contributed by atoms with Crippen molar-refractivity contribution in [2.24, 2.45) is 0 Å². The van der Waals surface area contributed by atoms with Gasteiger partial charge in [-0.3, -0.25) is 0 Å². The third-order valence-electron chi connectivity index (χ3n) is 0.478. The first-order chi connectivity index (χ1) is 5.24. The van der Waals surface area contributed by atoms with Crippen LogP contribution in [0, 0.1) is 0 Å². The molecule has 0 aliphatic rings. The smallest absolute Gasteiger partial charge is 0.115 e. The van der Waals surface area contributed by atoms with E-state index in [0.717, 1.165) is 0 Å². The zero-order valence-electron chi connectivity index (χ0n) is 5.54. The second-order valence-corrected chi connectivity index (χ2v) is 18.2. The van der Waals surface area contributed by atoms with E-state index in [4.69, 9.17) is 56.2 Å². The summed E-state index contributed by atoms with van der Waals surface area (Å²) in [4.78, 5) is 7.35. The second-order valence-electron chi connectivity index (χ2n) is 1.54. The minimum Gasteiger partial charge on any atom is -0.245 e. The molecule has 0 bridgehead atoms. The van der Waals surface area contributed by atoms with Crippen LogP contribution in [-0.4, -0.2) is 9.97 Å². The van der Waals surface area contributed by atoms with E-state index in [1.54, 1.807) is 18.5 Å². The molecule has 0 aliphatic heterocycles. The van der Waals surface area contributed by atoms with Crippen molar-refractivity contribution in [1.29, 1.82) is 0 Å². The van der Waals surface area contributed by atoms with Crippen LogP contribution in [0.25, 0.3) is 0 Å². The standard InChI is InChI=1S/C4H4N2.Cl5P/c1-2-5-4-6-3-1;1-6(2,3,4)5/h1-4H;. The van der Waals surface area contributed by atoms with Gasteiger partial charge in [0.1, 0.15) is 6.33 Å². The third-order valence-corrected chi connectivity index (χ3v) is 0.478. The topological polar surface area (TPSA) is 25.8 Å². The van der Waals surface area contributed by atoms with Crippen molar-refractivity contribution < 1.29 is 0 Å². The summed E-state index contributed by atoms with van der Waals surface area (Å²) in [5, 5.41) is 0. The molecule has 0 amide bonds. The van der Waals surface area contributed by atoms with E-state index in [0.29, 0.717) is 0 Å². The summed E-state index contributed by atoms with van der Waals surface area (Å²) >= 11 is 24.9. The molecule has 70 valence electrons. The van der Waals surface area contributed by atoms with E-state index < -0.39 is 3.37 Å². The largest absolute Gasteiger partial charge is 0.245 e. The van der Waals surface area contributed by atoms with Gasteiger partial charge in [-0.25, -0.2) is 9.97 Å². The molecule has 0 aromatic carbocycles. The number of rotatable bonds is 0. The number of hydrogen-bond acceptors (Lipinski definition) is 2. The zero-order chi connectivity index (χ0) is 9.69. The average Bonchev–Trinajstić information content (AvgIpc) is 1.86.